The molecule has 27 heavy (non-hydrogen) atoms. The fourth-order valence-electron chi connectivity index (χ4n) is 2.93. The maximum atomic E-state index is 10.8. The minimum absolute atomic E-state index is 0.237. The first-order valence-electron chi connectivity index (χ1n) is 9.11. The Kier molecular flexibility index (Phi) is 7.56. The average molecular weight is 370 g/mol. The van der Waals surface area contributed by atoms with Gasteiger partial charge in [0.2, 0.25) is 0 Å². The summed E-state index contributed by atoms with van der Waals surface area (Å²) in [6.45, 7) is 4.96. The first-order valence-corrected chi connectivity index (χ1v) is 9.11. The normalized spacial score (nSPS) is 25.2. The summed E-state index contributed by atoms with van der Waals surface area (Å²) in [6.07, 6.45) is -1.03. The number of ether oxygens (including phenoxy) is 4. The summed E-state index contributed by atoms with van der Waals surface area (Å²) in [4.78, 5) is 0. The van der Waals surface area contributed by atoms with Crippen molar-refractivity contribution in [2.75, 3.05) is 13.2 Å². The van der Waals surface area contributed by atoms with Crippen LogP contribution in [0.2, 0.25) is 0 Å². The quantitative estimate of drug-likeness (QED) is 0.688. The van der Waals surface area contributed by atoms with Crippen LogP contribution in [0.25, 0.3) is 0 Å². The number of rotatable bonds is 9. The van der Waals surface area contributed by atoms with E-state index in [0.29, 0.717) is 19.8 Å². The molecule has 5 heteroatoms. The molecular weight excluding hydrogens is 344 g/mol. The van der Waals surface area contributed by atoms with Crippen molar-refractivity contribution in [2.24, 2.45) is 0 Å². The van der Waals surface area contributed by atoms with E-state index in [1.165, 1.54) is 0 Å². The molecular formula is C22H26O5. The second kappa shape index (κ2) is 10.3. The van der Waals surface area contributed by atoms with Gasteiger partial charge >= 0.3 is 0 Å². The fourth-order valence-corrected chi connectivity index (χ4v) is 2.93. The molecule has 1 heterocycles. The molecule has 0 radical (unpaired) electrons. The van der Waals surface area contributed by atoms with E-state index in [4.69, 9.17) is 18.9 Å². The smallest absolute Gasteiger partial charge is 0.186 e. The highest BCUT2D eigenvalue weighted by atomic mass is 16.7. The van der Waals surface area contributed by atoms with Crippen molar-refractivity contribution in [3.05, 3.63) is 84.4 Å². The van der Waals surface area contributed by atoms with E-state index in [1.54, 1.807) is 6.08 Å². The predicted octanol–water partition coefficient (Wildman–Crippen LogP) is 3.08. The number of benzene rings is 2. The molecule has 3 rings (SSSR count). The zero-order valence-corrected chi connectivity index (χ0v) is 15.3. The Hall–Kier alpha value is -2.02. The second-order valence-corrected chi connectivity index (χ2v) is 6.41. The summed E-state index contributed by atoms with van der Waals surface area (Å²) >= 11 is 0. The van der Waals surface area contributed by atoms with Crippen molar-refractivity contribution in [2.45, 2.75) is 37.8 Å². The highest BCUT2D eigenvalue weighted by Crippen LogP contribution is 2.24. The molecule has 1 N–H and O–H groups in total. The Morgan fingerprint density at radius 1 is 0.926 bits per heavy atom. The van der Waals surface area contributed by atoms with E-state index in [1.807, 2.05) is 60.7 Å². The van der Waals surface area contributed by atoms with Crippen molar-refractivity contribution < 1.29 is 24.1 Å². The summed E-state index contributed by atoms with van der Waals surface area (Å²) in [6, 6.07) is 19.6. The highest BCUT2D eigenvalue weighted by Gasteiger charge is 2.41. The Morgan fingerprint density at radius 3 is 2.11 bits per heavy atom. The van der Waals surface area contributed by atoms with Crippen LogP contribution < -0.4 is 0 Å². The summed E-state index contributed by atoms with van der Waals surface area (Å²) in [7, 11) is 0. The molecule has 0 saturated carbocycles. The summed E-state index contributed by atoms with van der Waals surface area (Å²) in [5.74, 6) is 0. The second-order valence-electron chi connectivity index (χ2n) is 6.41. The lowest BCUT2D eigenvalue weighted by Crippen LogP contribution is -2.55. The number of aliphatic hydroxyl groups is 1. The lowest BCUT2D eigenvalue weighted by Gasteiger charge is -2.39. The van der Waals surface area contributed by atoms with Gasteiger partial charge in [0.1, 0.15) is 18.3 Å². The van der Waals surface area contributed by atoms with E-state index >= 15 is 0 Å². The highest BCUT2D eigenvalue weighted by molar-refractivity contribution is 5.14. The van der Waals surface area contributed by atoms with Crippen molar-refractivity contribution in [3.8, 4) is 0 Å². The van der Waals surface area contributed by atoms with Gasteiger partial charge in [-0.25, -0.2) is 0 Å². The number of hydrogen-bond donors (Lipinski definition) is 1. The van der Waals surface area contributed by atoms with Crippen LogP contribution in [0, 0.1) is 0 Å². The maximum absolute atomic E-state index is 10.8. The molecule has 1 aliphatic rings. The lowest BCUT2D eigenvalue weighted by molar-refractivity contribution is -0.287. The molecule has 1 fully saturated rings. The summed E-state index contributed by atoms with van der Waals surface area (Å²) < 4.78 is 23.3. The van der Waals surface area contributed by atoms with Crippen LogP contribution in [0.3, 0.4) is 0 Å². The largest absolute Gasteiger partial charge is 0.387 e. The van der Waals surface area contributed by atoms with E-state index < -0.39 is 24.6 Å². The SMILES string of the molecule is C=CCO[C@H]1OC[C@@H](OCc2ccccc2)[C@H](O)[C@H]1OCc1ccccc1. The number of aliphatic hydroxyl groups excluding tert-OH is 1. The molecule has 0 bridgehead atoms. The predicted molar refractivity (Wildman–Crippen MR) is 102 cm³/mol. The first-order chi connectivity index (χ1) is 13.3. The van der Waals surface area contributed by atoms with Crippen molar-refractivity contribution >= 4 is 0 Å². The monoisotopic (exact) mass is 370 g/mol. The third-order valence-corrected chi connectivity index (χ3v) is 4.38. The van der Waals surface area contributed by atoms with Gasteiger partial charge < -0.3 is 24.1 Å². The Morgan fingerprint density at radius 2 is 1.52 bits per heavy atom. The van der Waals surface area contributed by atoms with Gasteiger partial charge in [0.15, 0.2) is 6.29 Å². The van der Waals surface area contributed by atoms with Gasteiger partial charge in [0.25, 0.3) is 0 Å². The fraction of sp³-hybridized carbons (Fsp3) is 0.364. The Bertz CT molecular complexity index is 676. The van der Waals surface area contributed by atoms with E-state index in [9.17, 15) is 5.11 Å². The minimum atomic E-state index is -0.860. The molecule has 0 aliphatic carbocycles. The Labute approximate surface area is 160 Å². The molecule has 1 aliphatic heterocycles. The van der Waals surface area contributed by atoms with Crippen LogP contribution in [-0.2, 0) is 32.2 Å². The molecule has 4 atom stereocenters. The van der Waals surface area contributed by atoms with Crippen LogP contribution >= 0.6 is 0 Å². The first kappa shape index (κ1) is 19.7. The van der Waals surface area contributed by atoms with Gasteiger partial charge in [-0.3, -0.25) is 0 Å². The minimum Gasteiger partial charge on any atom is -0.387 e. The van der Waals surface area contributed by atoms with Crippen LogP contribution in [0.5, 0.6) is 0 Å². The van der Waals surface area contributed by atoms with Gasteiger partial charge in [-0.05, 0) is 11.1 Å². The van der Waals surface area contributed by atoms with Crippen LogP contribution in [0.1, 0.15) is 11.1 Å². The van der Waals surface area contributed by atoms with Gasteiger partial charge in [-0.15, -0.1) is 6.58 Å². The third kappa shape index (κ3) is 5.73. The van der Waals surface area contributed by atoms with E-state index in [2.05, 4.69) is 6.58 Å². The lowest BCUT2D eigenvalue weighted by atomic mass is 10.0. The molecule has 144 valence electrons. The maximum Gasteiger partial charge on any atom is 0.186 e. The molecule has 0 spiro atoms. The van der Waals surface area contributed by atoms with E-state index in [0.717, 1.165) is 11.1 Å². The van der Waals surface area contributed by atoms with Gasteiger partial charge in [0, 0.05) is 0 Å². The van der Waals surface area contributed by atoms with Gasteiger partial charge in [0.05, 0.1) is 26.4 Å². The average Bonchev–Trinajstić information content (AvgIpc) is 2.72. The molecule has 1 saturated heterocycles. The zero-order chi connectivity index (χ0) is 18.9. The molecule has 2 aromatic rings. The van der Waals surface area contributed by atoms with Crippen molar-refractivity contribution in [1.82, 2.24) is 0 Å². The van der Waals surface area contributed by atoms with Crippen molar-refractivity contribution in [1.29, 1.82) is 0 Å². The van der Waals surface area contributed by atoms with Crippen LogP contribution in [0.4, 0.5) is 0 Å². The van der Waals surface area contributed by atoms with Crippen molar-refractivity contribution in [3.63, 3.8) is 0 Å². The number of hydrogen-bond acceptors (Lipinski definition) is 5. The van der Waals surface area contributed by atoms with E-state index in [-0.39, 0.29) is 6.61 Å². The van der Waals surface area contributed by atoms with Gasteiger partial charge in [-0.1, -0.05) is 66.7 Å². The summed E-state index contributed by atoms with van der Waals surface area (Å²) in [5.41, 5.74) is 2.05. The molecule has 2 aromatic carbocycles. The summed E-state index contributed by atoms with van der Waals surface area (Å²) in [5, 5.41) is 10.8. The molecule has 5 nitrogen and oxygen atoms in total. The van der Waals surface area contributed by atoms with Gasteiger partial charge in [-0.2, -0.15) is 0 Å². The molecule has 0 aromatic heterocycles. The standard InChI is InChI=1S/C22H26O5/c1-2-13-24-22-21(26-15-18-11-7-4-8-12-18)20(23)19(16-27-22)25-14-17-9-5-3-6-10-17/h2-12,19-23H,1,13-16H2/t19-,20+,21-,22+/m1/s1. The van der Waals surface area contributed by atoms with Crippen LogP contribution in [-0.4, -0.2) is 42.9 Å². The zero-order valence-electron chi connectivity index (χ0n) is 15.3. The molecule has 0 amide bonds. The topological polar surface area (TPSA) is 57.2 Å². The third-order valence-electron chi connectivity index (χ3n) is 4.38. The Balaban J connectivity index is 1.61. The van der Waals surface area contributed by atoms with Crippen LogP contribution in [0.15, 0.2) is 73.3 Å². The molecule has 0 unspecified atom stereocenters.